The molecule has 4 nitrogen and oxygen atoms in total. The lowest BCUT2D eigenvalue weighted by molar-refractivity contribution is 0.100. The van der Waals surface area contributed by atoms with Crippen molar-refractivity contribution in [3.63, 3.8) is 0 Å². The molecule has 0 spiro atoms. The van der Waals surface area contributed by atoms with E-state index in [1.807, 2.05) is 30.3 Å². The molecule has 1 heterocycles. The van der Waals surface area contributed by atoms with Crippen molar-refractivity contribution < 1.29 is 4.79 Å². The largest absolute Gasteiger partial charge is 0.366 e. The molecule has 0 saturated heterocycles. The lowest BCUT2D eigenvalue weighted by Crippen LogP contribution is -2.10. The van der Waals surface area contributed by atoms with E-state index in [0.29, 0.717) is 12.0 Å². The molecule has 3 N–H and O–H groups in total. The molecule has 0 aliphatic rings. The number of aromatic nitrogens is 2. The Morgan fingerprint density at radius 1 is 1.26 bits per heavy atom. The fourth-order valence-electron chi connectivity index (χ4n) is 2.07. The highest BCUT2D eigenvalue weighted by atomic mass is 16.1. The number of benzene rings is 2. The molecule has 93 valence electrons. The van der Waals surface area contributed by atoms with Gasteiger partial charge in [-0.2, -0.15) is 5.10 Å². The highest BCUT2D eigenvalue weighted by Crippen LogP contribution is 2.18. The summed E-state index contributed by atoms with van der Waals surface area (Å²) in [5.74, 6) is -0.411. The number of primary amides is 1. The van der Waals surface area contributed by atoms with Crippen molar-refractivity contribution in [2.45, 2.75) is 6.42 Å². The number of nitrogens with one attached hydrogen (secondary N) is 1. The van der Waals surface area contributed by atoms with Gasteiger partial charge in [-0.05, 0) is 35.9 Å². The van der Waals surface area contributed by atoms with Crippen LogP contribution < -0.4 is 5.73 Å². The number of nitrogens with two attached hydrogens (primary N) is 1. The fraction of sp³-hybridized carbons (Fsp3) is 0.0667. The van der Waals surface area contributed by atoms with Crippen molar-refractivity contribution in [2.24, 2.45) is 5.73 Å². The van der Waals surface area contributed by atoms with Crippen LogP contribution in [0.4, 0.5) is 0 Å². The van der Waals surface area contributed by atoms with Crippen LogP contribution in [-0.4, -0.2) is 16.1 Å². The van der Waals surface area contributed by atoms with E-state index < -0.39 is 5.91 Å². The SMILES string of the molecule is NC(=O)c1ccc(Cc2n[nH]c3cc[c]cc23)cc1. The van der Waals surface area contributed by atoms with Gasteiger partial charge < -0.3 is 5.73 Å². The van der Waals surface area contributed by atoms with Crippen molar-refractivity contribution in [3.8, 4) is 0 Å². The van der Waals surface area contributed by atoms with Crippen molar-refractivity contribution in [1.82, 2.24) is 10.2 Å². The van der Waals surface area contributed by atoms with Gasteiger partial charge in [0.15, 0.2) is 0 Å². The van der Waals surface area contributed by atoms with E-state index in [1.165, 1.54) is 0 Å². The van der Waals surface area contributed by atoms with Crippen LogP contribution in [0.3, 0.4) is 0 Å². The number of carbonyl (C=O) groups excluding carboxylic acids is 1. The molecule has 19 heavy (non-hydrogen) atoms. The van der Waals surface area contributed by atoms with Gasteiger partial charge >= 0.3 is 0 Å². The normalized spacial score (nSPS) is 10.7. The Bertz CT molecular complexity index is 728. The number of hydrogen-bond donors (Lipinski definition) is 2. The Hall–Kier alpha value is -2.62. The number of amides is 1. The number of fused-ring (bicyclic) bond motifs is 1. The van der Waals surface area contributed by atoms with Crippen molar-refractivity contribution >= 4 is 16.8 Å². The second kappa shape index (κ2) is 4.57. The second-order valence-electron chi connectivity index (χ2n) is 4.38. The number of nitrogens with zero attached hydrogens (tertiary/aromatic N) is 1. The van der Waals surface area contributed by atoms with Crippen molar-refractivity contribution in [1.29, 1.82) is 0 Å². The van der Waals surface area contributed by atoms with E-state index in [1.54, 1.807) is 12.1 Å². The molecule has 0 atom stereocenters. The van der Waals surface area contributed by atoms with Crippen LogP contribution in [0.2, 0.25) is 0 Å². The van der Waals surface area contributed by atoms with E-state index in [-0.39, 0.29) is 0 Å². The van der Waals surface area contributed by atoms with Gasteiger partial charge in [0.25, 0.3) is 0 Å². The third-order valence-corrected chi connectivity index (χ3v) is 3.10. The van der Waals surface area contributed by atoms with Crippen LogP contribution in [0.1, 0.15) is 21.6 Å². The van der Waals surface area contributed by atoms with Crippen LogP contribution in [-0.2, 0) is 6.42 Å². The highest BCUT2D eigenvalue weighted by Gasteiger charge is 2.06. The first-order chi connectivity index (χ1) is 9.24. The highest BCUT2D eigenvalue weighted by molar-refractivity contribution is 5.92. The molecule has 0 fully saturated rings. The second-order valence-corrected chi connectivity index (χ2v) is 4.38. The molecule has 3 rings (SSSR count). The maximum atomic E-state index is 11.0. The van der Waals surface area contributed by atoms with E-state index in [2.05, 4.69) is 16.3 Å². The molecule has 0 saturated carbocycles. The Balaban J connectivity index is 1.90. The Kier molecular flexibility index (Phi) is 2.76. The van der Waals surface area contributed by atoms with E-state index in [9.17, 15) is 4.79 Å². The Labute approximate surface area is 110 Å². The summed E-state index contributed by atoms with van der Waals surface area (Å²) in [5, 5.41) is 8.38. The summed E-state index contributed by atoms with van der Waals surface area (Å²) in [6, 6.07) is 16.0. The third-order valence-electron chi connectivity index (χ3n) is 3.10. The summed E-state index contributed by atoms with van der Waals surface area (Å²) in [4.78, 5) is 11.0. The maximum Gasteiger partial charge on any atom is 0.248 e. The number of hydrogen-bond acceptors (Lipinski definition) is 2. The summed E-state index contributed by atoms with van der Waals surface area (Å²) in [6.45, 7) is 0. The van der Waals surface area contributed by atoms with E-state index in [0.717, 1.165) is 22.2 Å². The van der Waals surface area contributed by atoms with Gasteiger partial charge in [-0.25, -0.2) is 0 Å². The summed E-state index contributed by atoms with van der Waals surface area (Å²) in [7, 11) is 0. The molecule has 0 bridgehead atoms. The smallest absolute Gasteiger partial charge is 0.248 e. The van der Waals surface area contributed by atoms with Crippen LogP contribution in [0.25, 0.3) is 10.9 Å². The minimum absolute atomic E-state index is 0.411. The van der Waals surface area contributed by atoms with Crippen molar-refractivity contribution in [2.75, 3.05) is 0 Å². The minimum Gasteiger partial charge on any atom is -0.366 e. The summed E-state index contributed by atoms with van der Waals surface area (Å²) >= 11 is 0. The number of carbonyl (C=O) groups is 1. The van der Waals surface area contributed by atoms with Crippen LogP contribution in [0, 0.1) is 6.07 Å². The predicted molar refractivity (Wildman–Crippen MR) is 72.7 cm³/mol. The lowest BCUT2D eigenvalue weighted by atomic mass is 10.0. The topological polar surface area (TPSA) is 71.8 Å². The lowest BCUT2D eigenvalue weighted by Gasteiger charge is -2.00. The van der Waals surface area contributed by atoms with E-state index in [4.69, 9.17) is 5.73 Å². The average molecular weight is 250 g/mol. The standard InChI is InChI=1S/C15H12N3O/c16-15(19)11-7-5-10(6-8-11)9-14-12-3-1-2-4-13(12)17-18-14/h2-8H,9H2,(H2,16,19)(H,17,18). The van der Waals surface area contributed by atoms with Gasteiger partial charge in [0.05, 0.1) is 11.2 Å². The first kappa shape index (κ1) is 11.5. The summed E-state index contributed by atoms with van der Waals surface area (Å²) < 4.78 is 0. The zero-order valence-electron chi connectivity index (χ0n) is 10.2. The monoisotopic (exact) mass is 250 g/mol. The van der Waals surface area contributed by atoms with Crippen LogP contribution in [0.5, 0.6) is 0 Å². The molecule has 1 radical (unpaired) electrons. The molecule has 0 unspecified atom stereocenters. The molecular formula is C15H12N3O. The zero-order valence-corrected chi connectivity index (χ0v) is 10.2. The van der Waals surface area contributed by atoms with Gasteiger partial charge in [0, 0.05) is 17.4 Å². The molecule has 2 aromatic carbocycles. The number of aromatic amines is 1. The zero-order chi connectivity index (χ0) is 13.2. The van der Waals surface area contributed by atoms with Crippen LogP contribution in [0.15, 0.2) is 42.5 Å². The third kappa shape index (κ3) is 2.20. The Morgan fingerprint density at radius 3 is 2.79 bits per heavy atom. The first-order valence-electron chi connectivity index (χ1n) is 5.96. The fourth-order valence-corrected chi connectivity index (χ4v) is 2.07. The van der Waals surface area contributed by atoms with Crippen LogP contribution >= 0.6 is 0 Å². The quantitative estimate of drug-likeness (QED) is 0.746. The molecule has 1 amide bonds. The van der Waals surface area contributed by atoms with Gasteiger partial charge in [-0.3, -0.25) is 9.89 Å². The number of H-pyrrole nitrogens is 1. The van der Waals surface area contributed by atoms with Gasteiger partial charge in [-0.15, -0.1) is 0 Å². The number of rotatable bonds is 3. The van der Waals surface area contributed by atoms with Gasteiger partial charge in [0.1, 0.15) is 0 Å². The average Bonchev–Trinajstić information content (AvgIpc) is 2.83. The van der Waals surface area contributed by atoms with E-state index >= 15 is 0 Å². The van der Waals surface area contributed by atoms with Gasteiger partial charge in [0.2, 0.25) is 5.91 Å². The van der Waals surface area contributed by atoms with Crippen molar-refractivity contribution in [3.05, 3.63) is 65.4 Å². The summed E-state index contributed by atoms with van der Waals surface area (Å²) in [5.41, 5.74) is 8.79. The van der Waals surface area contributed by atoms with Gasteiger partial charge in [-0.1, -0.05) is 18.2 Å². The predicted octanol–water partition coefficient (Wildman–Crippen LogP) is 2.05. The molecule has 0 aliphatic carbocycles. The summed E-state index contributed by atoms with van der Waals surface area (Å²) in [6.07, 6.45) is 0.705. The first-order valence-corrected chi connectivity index (χ1v) is 5.96. The maximum absolute atomic E-state index is 11.0. The Morgan fingerprint density at radius 2 is 2.05 bits per heavy atom. The molecule has 1 aromatic heterocycles. The molecule has 3 aromatic rings. The minimum atomic E-state index is -0.411. The molecule has 0 aliphatic heterocycles. The molecule has 4 heteroatoms. The molecular weight excluding hydrogens is 238 g/mol.